The molecular formula is C32H34BN3O2. The van der Waals surface area contributed by atoms with Gasteiger partial charge in [0.15, 0.2) is 0 Å². The lowest BCUT2D eigenvalue weighted by Gasteiger charge is -2.12. The van der Waals surface area contributed by atoms with Crippen LogP contribution in [0.1, 0.15) is 61.8 Å². The standard InChI is InChI=1S/C32H34BN3O2/c1-22(25-8-2-3-9-25)19-27(37)10-6-7-23-13-15-24(16-14-23)17-18-26-20-30(28-11-4-5-12-31(28)38)35-32-29(33)21-34-36(26)32/h4-5,11-16,20-21,25,38H,1-3,6-10,17-19H2. The number of Topliss-reactive ketones (excluding diaryl/α,β-unsaturated/α-hetero) is 1. The topological polar surface area (TPSA) is 67.5 Å². The number of rotatable bonds is 11. The van der Waals surface area contributed by atoms with Crippen molar-refractivity contribution in [2.24, 2.45) is 5.92 Å². The number of aromatic hydroxyl groups is 1. The van der Waals surface area contributed by atoms with Crippen LogP contribution in [0.25, 0.3) is 16.9 Å². The van der Waals surface area contributed by atoms with E-state index in [0.717, 1.165) is 37.0 Å². The summed E-state index contributed by atoms with van der Waals surface area (Å²) in [5.41, 5.74) is 7.06. The number of carbonyl (C=O) groups excluding carboxylic acids is 1. The number of nitrogens with zero attached hydrogens (tertiary/aromatic N) is 3. The highest BCUT2D eigenvalue weighted by atomic mass is 16.3. The largest absolute Gasteiger partial charge is 0.507 e. The lowest BCUT2D eigenvalue weighted by molar-refractivity contribution is -0.118. The molecule has 0 saturated heterocycles. The molecule has 1 saturated carbocycles. The zero-order valence-corrected chi connectivity index (χ0v) is 21.9. The van der Waals surface area contributed by atoms with Gasteiger partial charge >= 0.3 is 0 Å². The zero-order valence-electron chi connectivity index (χ0n) is 21.9. The zero-order chi connectivity index (χ0) is 26.5. The Morgan fingerprint density at radius 2 is 1.74 bits per heavy atom. The van der Waals surface area contributed by atoms with Crippen LogP contribution in [0, 0.1) is 5.92 Å². The first-order chi connectivity index (χ1) is 18.5. The first kappa shape index (κ1) is 26.0. The second-order valence-corrected chi connectivity index (χ2v) is 10.5. The second kappa shape index (κ2) is 11.8. The second-order valence-electron chi connectivity index (χ2n) is 10.5. The Morgan fingerprint density at radius 1 is 1.03 bits per heavy atom. The maximum Gasteiger partial charge on any atom is 0.148 e. The Hall–Kier alpha value is -3.67. The number of benzene rings is 2. The van der Waals surface area contributed by atoms with Gasteiger partial charge in [-0.3, -0.25) is 4.79 Å². The summed E-state index contributed by atoms with van der Waals surface area (Å²) in [7, 11) is 6.13. The normalized spacial score (nSPS) is 13.8. The van der Waals surface area contributed by atoms with Gasteiger partial charge in [-0.15, -0.1) is 0 Å². The molecule has 2 heterocycles. The third kappa shape index (κ3) is 6.07. The first-order valence-corrected chi connectivity index (χ1v) is 13.7. The van der Waals surface area contributed by atoms with Gasteiger partial charge in [-0.25, -0.2) is 9.50 Å². The summed E-state index contributed by atoms with van der Waals surface area (Å²) < 4.78 is 1.78. The Morgan fingerprint density at radius 3 is 2.47 bits per heavy atom. The Bertz CT molecular complexity index is 1440. The number of aryl methyl sites for hydroxylation is 3. The smallest absolute Gasteiger partial charge is 0.148 e. The number of aromatic nitrogens is 3. The number of hydrogen-bond acceptors (Lipinski definition) is 4. The number of carbonyl (C=O) groups is 1. The number of fused-ring (bicyclic) bond motifs is 1. The third-order valence-electron chi connectivity index (χ3n) is 7.72. The van der Waals surface area contributed by atoms with E-state index in [1.807, 2.05) is 18.2 Å². The average molecular weight is 503 g/mol. The summed E-state index contributed by atoms with van der Waals surface area (Å²) >= 11 is 0. The maximum absolute atomic E-state index is 12.4. The van der Waals surface area contributed by atoms with E-state index in [-0.39, 0.29) is 5.75 Å². The molecule has 192 valence electrons. The van der Waals surface area contributed by atoms with Crippen LogP contribution in [-0.2, 0) is 24.1 Å². The molecule has 2 aromatic heterocycles. The Kier molecular flexibility index (Phi) is 8.07. The number of phenolic OH excluding ortho intramolecular Hbond substituents is 1. The summed E-state index contributed by atoms with van der Waals surface area (Å²) in [6.45, 7) is 4.19. The predicted molar refractivity (Wildman–Crippen MR) is 153 cm³/mol. The molecular weight excluding hydrogens is 469 g/mol. The van der Waals surface area contributed by atoms with Gasteiger partial charge in [-0.2, -0.15) is 5.10 Å². The molecule has 4 aromatic rings. The van der Waals surface area contributed by atoms with E-state index in [2.05, 4.69) is 40.9 Å². The van der Waals surface area contributed by atoms with E-state index in [0.29, 0.717) is 46.9 Å². The molecule has 0 amide bonds. The van der Waals surface area contributed by atoms with Crippen molar-refractivity contribution in [3.63, 3.8) is 0 Å². The molecule has 1 aliphatic rings. The fourth-order valence-electron chi connectivity index (χ4n) is 5.50. The maximum atomic E-state index is 12.4. The van der Waals surface area contributed by atoms with Gasteiger partial charge in [0.25, 0.3) is 0 Å². The Balaban J connectivity index is 1.18. The van der Waals surface area contributed by atoms with Crippen LogP contribution >= 0.6 is 0 Å². The number of ketones is 1. The third-order valence-corrected chi connectivity index (χ3v) is 7.72. The summed E-state index contributed by atoms with van der Waals surface area (Å²) in [5, 5.41) is 14.8. The van der Waals surface area contributed by atoms with Crippen molar-refractivity contribution in [3.05, 3.63) is 89.8 Å². The molecule has 1 aliphatic carbocycles. The highest BCUT2D eigenvalue weighted by Crippen LogP contribution is 2.32. The number of para-hydroxylation sites is 1. The van der Waals surface area contributed by atoms with Gasteiger partial charge in [-0.05, 0) is 79.2 Å². The fraction of sp³-hybridized carbons (Fsp3) is 0.344. The van der Waals surface area contributed by atoms with Gasteiger partial charge in [0, 0.05) is 30.3 Å². The summed E-state index contributed by atoms with van der Waals surface area (Å²) in [6.07, 6.45) is 11.1. The molecule has 0 unspecified atom stereocenters. The molecule has 1 N–H and O–H groups in total. The summed E-state index contributed by atoms with van der Waals surface area (Å²) in [6, 6.07) is 17.8. The molecule has 5 nitrogen and oxygen atoms in total. The first-order valence-electron chi connectivity index (χ1n) is 13.7. The van der Waals surface area contributed by atoms with Gasteiger partial charge in [0.05, 0.1) is 5.69 Å². The highest BCUT2D eigenvalue weighted by Gasteiger charge is 2.19. The predicted octanol–water partition coefficient (Wildman–Crippen LogP) is 5.71. The lowest BCUT2D eigenvalue weighted by atomic mass is 9.93. The van der Waals surface area contributed by atoms with Crippen molar-refractivity contribution in [2.75, 3.05) is 0 Å². The average Bonchev–Trinajstić information content (AvgIpc) is 3.59. The molecule has 0 bridgehead atoms. The molecule has 5 rings (SSSR count). The minimum absolute atomic E-state index is 0.185. The molecule has 0 atom stereocenters. The van der Waals surface area contributed by atoms with E-state index in [4.69, 9.17) is 7.85 Å². The SMILES string of the molecule is [B]c1cnn2c(CCc3ccc(CCCC(=O)CC(=C)C4CCCC4)cc3)cc(-c3ccccc3O)nc12. The summed E-state index contributed by atoms with van der Waals surface area (Å²) in [4.78, 5) is 17.1. The molecule has 2 aromatic carbocycles. The van der Waals surface area contributed by atoms with E-state index < -0.39 is 0 Å². The van der Waals surface area contributed by atoms with Gasteiger partial charge in [0.1, 0.15) is 25.0 Å². The van der Waals surface area contributed by atoms with E-state index >= 15 is 0 Å². The van der Waals surface area contributed by atoms with Gasteiger partial charge in [-0.1, -0.05) is 61.4 Å². The molecule has 38 heavy (non-hydrogen) atoms. The van der Waals surface area contributed by atoms with Gasteiger partial charge in [0.2, 0.25) is 0 Å². The van der Waals surface area contributed by atoms with Crippen LogP contribution in [0.2, 0.25) is 0 Å². The molecule has 2 radical (unpaired) electrons. The lowest BCUT2D eigenvalue weighted by Crippen LogP contribution is -2.08. The van der Waals surface area contributed by atoms with Gasteiger partial charge < -0.3 is 5.11 Å². The molecule has 0 aliphatic heterocycles. The highest BCUT2D eigenvalue weighted by molar-refractivity contribution is 6.36. The fourth-order valence-corrected chi connectivity index (χ4v) is 5.50. The Labute approximate surface area is 226 Å². The van der Waals surface area contributed by atoms with Crippen molar-refractivity contribution in [1.82, 2.24) is 14.6 Å². The van der Waals surface area contributed by atoms with Crippen molar-refractivity contribution in [2.45, 2.75) is 64.2 Å². The number of phenols is 1. The summed E-state index contributed by atoms with van der Waals surface area (Å²) in [5.74, 6) is 1.08. The van der Waals surface area contributed by atoms with Crippen LogP contribution in [0.3, 0.4) is 0 Å². The van der Waals surface area contributed by atoms with Crippen molar-refractivity contribution in [3.8, 4) is 17.0 Å². The minimum atomic E-state index is 0.185. The number of allylic oxidation sites excluding steroid dienone is 1. The molecule has 6 heteroatoms. The molecule has 0 spiro atoms. The van der Waals surface area contributed by atoms with E-state index in [1.165, 1.54) is 36.8 Å². The number of hydrogen-bond donors (Lipinski definition) is 1. The van der Waals surface area contributed by atoms with Crippen LogP contribution < -0.4 is 5.46 Å². The minimum Gasteiger partial charge on any atom is -0.507 e. The molecule has 1 fully saturated rings. The van der Waals surface area contributed by atoms with E-state index in [9.17, 15) is 9.90 Å². The van der Waals surface area contributed by atoms with Crippen molar-refractivity contribution < 1.29 is 9.90 Å². The quantitative estimate of drug-likeness (QED) is 0.210. The van der Waals surface area contributed by atoms with Crippen molar-refractivity contribution >= 4 is 24.7 Å². The van der Waals surface area contributed by atoms with Crippen LogP contribution in [-0.4, -0.2) is 33.3 Å². The van der Waals surface area contributed by atoms with Crippen LogP contribution in [0.4, 0.5) is 0 Å². The van der Waals surface area contributed by atoms with E-state index in [1.54, 1.807) is 22.8 Å². The van der Waals surface area contributed by atoms with Crippen LogP contribution in [0.15, 0.2) is 72.9 Å². The van der Waals surface area contributed by atoms with Crippen molar-refractivity contribution in [1.29, 1.82) is 0 Å². The monoisotopic (exact) mass is 503 g/mol. The van der Waals surface area contributed by atoms with Crippen LogP contribution in [0.5, 0.6) is 5.75 Å².